The van der Waals surface area contributed by atoms with Gasteiger partial charge in [-0.3, -0.25) is 9.59 Å². The van der Waals surface area contributed by atoms with Crippen molar-refractivity contribution in [2.24, 2.45) is 17.8 Å². The summed E-state index contributed by atoms with van der Waals surface area (Å²) in [4.78, 5) is 23.4. The first-order valence-electron chi connectivity index (χ1n) is 6.71. The van der Waals surface area contributed by atoms with Crippen molar-refractivity contribution in [1.29, 1.82) is 0 Å². The van der Waals surface area contributed by atoms with Crippen molar-refractivity contribution in [3.05, 3.63) is 11.6 Å². The van der Waals surface area contributed by atoms with Crippen molar-refractivity contribution < 1.29 is 14.3 Å². The number of methoxy groups -OCH3 is 1. The third-order valence-electron chi connectivity index (χ3n) is 3.86. The Morgan fingerprint density at radius 2 is 2.17 bits per heavy atom. The van der Waals surface area contributed by atoms with Gasteiger partial charge in [-0.1, -0.05) is 18.6 Å². The van der Waals surface area contributed by atoms with E-state index in [9.17, 15) is 9.59 Å². The third kappa shape index (κ3) is 3.69. The fraction of sp³-hybridized carbons (Fsp3) is 0.733. The van der Waals surface area contributed by atoms with Crippen LogP contribution in [0.3, 0.4) is 0 Å². The van der Waals surface area contributed by atoms with Gasteiger partial charge in [0.15, 0.2) is 0 Å². The van der Waals surface area contributed by atoms with E-state index in [0.717, 1.165) is 19.3 Å². The van der Waals surface area contributed by atoms with E-state index >= 15 is 0 Å². The number of ketones is 1. The highest BCUT2D eigenvalue weighted by Crippen LogP contribution is 2.37. The number of ether oxygens (including phenoxy) is 1. The van der Waals surface area contributed by atoms with E-state index in [1.165, 1.54) is 12.7 Å². The maximum atomic E-state index is 11.8. The quantitative estimate of drug-likeness (QED) is 0.429. The molecule has 3 heteroatoms. The first kappa shape index (κ1) is 14.9. The smallest absolute Gasteiger partial charge is 0.316 e. The lowest BCUT2D eigenvalue weighted by Crippen LogP contribution is -2.29. The Kier molecular flexibility index (Phi) is 5.57. The van der Waals surface area contributed by atoms with Gasteiger partial charge < -0.3 is 4.74 Å². The van der Waals surface area contributed by atoms with Crippen LogP contribution in [0.4, 0.5) is 0 Å². The van der Waals surface area contributed by atoms with Crippen molar-refractivity contribution >= 4 is 11.8 Å². The number of carbonyl (C=O) groups excluding carboxylic acids is 2. The van der Waals surface area contributed by atoms with Crippen LogP contribution in [-0.2, 0) is 14.3 Å². The number of rotatable bonds is 5. The molecule has 3 nitrogen and oxygen atoms in total. The molecule has 0 N–H and O–H groups in total. The molecule has 102 valence electrons. The van der Waals surface area contributed by atoms with Crippen LogP contribution < -0.4 is 0 Å². The molecule has 0 bridgehead atoms. The Labute approximate surface area is 110 Å². The average molecular weight is 252 g/mol. The molecule has 18 heavy (non-hydrogen) atoms. The molecule has 0 aromatic carbocycles. The zero-order valence-electron chi connectivity index (χ0n) is 11.9. The van der Waals surface area contributed by atoms with E-state index < -0.39 is 5.92 Å². The number of esters is 1. The molecule has 0 aromatic heterocycles. The number of carbonyl (C=O) groups is 2. The summed E-state index contributed by atoms with van der Waals surface area (Å²) in [7, 11) is 1.36. The average Bonchev–Trinajstić information content (AvgIpc) is 2.69. The lowest BCUT2D eigenvalue weighted by Gasteiger charge is -2.22. The molecule has 1 fully saturated rings. The van der Waals surface area contributed by atoms with Gasteiger partial charge in [-0.15, -0.1) is 0 Å². The van der Waals surface area contributed by atoms with Gasteiger partial charge in [-0.25, -0.2) is 0 Å². The standard InChI is InChI=1S/C15H24O3/c1-10(2)6-5-7-11(3)12-8-9-13(16)14(12)15(17)18-4/h6,11-12,14H,5,7-9H2,1-4H3. The topological polar surface area (TPSA) is 43.4 Å². The summed E-state index contributed by atoms with van der Waals surface area (Å²) >= 11 is 0. The monoisotopic (exact) mass is 252 g/mol. The molecule has 1 aliphatic carbocycles. The van der Waals surface area contributed by atoms with Crippen LogP contribution in [0, 0.1) is 17.8 Å². The molecule has 1 saturated carbocycles. The minimum Gasteiger partial charge on any atom is -0.468 e. The van der Waals surface area contributed by atoms with E-state index in [4.69, 9.17) is 4.74 Å². The van der Waals surface area contributed by atoms with Gasteiger partial charge >= 0.3 is 5.97 Å². The van der Waals surface area contributed by atoms with E-state index in [0.29, 0.717) is 12.3 Å². The van der Waals surface area contributed by atoms with Crippen molar-refractivity contribution in [2.75, 3.05) is 7.11 Å². The summed E-state index contributed by atoms with van der Waals surface area (Å²) in [6.07, 6.45) is 5.60. The van der Waals surface area contributed by atoms with Gasteiger partial charge in [-0.2, -0.15) is 0 Å². The van der Waals surface area contributed by atoms with Crippen LogP contribution in [0.2, 0.25) is 0 Å². The Hall–Kier alpha value is -1.12. The van der Waals surface area contributed by atoms with Crippen LogP contribution in [0.1, 0.15) is 46.5 Å². The summed E-state index contributed by atoms with van der Waals surface area (Å²) in [6.45, 7) is 6.31. The highest BCUT2D eigenvalue weighted by Gasteiger charge is 2.42. The molecule has 0 aromatic rings. The minimum absolute atomic E-state index is 0.0564. The summed E-state index contributed by atoms with van der Waals surface area (Å²) in [5.74, 6) is -0.263. The maximum absolute atomic E-state index is 11.8. The molecule has 3 atom stereocenters. The number of hydrogen-bond acceptors (Lipinski definition) is 3. The zero-order chi connectivity index (χ0) is 13.7. The molecule has 0 radical (unpaired) electrons. The second-order valence-corrected chi connectivity index (χ2v) is 5.51. The van der Waals surface area contributed by atoms with Crippen molar-refractivity contribution in [2.45, 2.75) is 46.5 Å². The molecule has 1 rings (SSSR count). The molecule has 0 saturated heterocycles. The van der Waals surface area contributed by atoms with Gasteiger partial charge in [0.1, 0.15) is 11.7 Å². The van der Waals surface area contributed by atoms with Crippen LogP contribution >= 0.6 is 0 Å². The van der Waals surface area contributed by atoms with E-state index in [2.05, 4.69) is 26.8 Å². The molecule has 0 spiro atoms. The third-order valence-corrected chi connectivity index (χ3v) is 3.86. The van der Waals surface area contributed by atoms with Crippen molar-refractivity contribution in [3.63, 3.8) is 0 Å². The van der Waals surface area contributed by atoms with E-state index in [1.54, 1.807) is 0 Å². The predicted octanol–water partition coefficient (Wildman–Crippen LogP) is 3.14. The summed E-state index contributed by atoms with van der Waals surface area (Å²) < 4.78 is 4.76. The fourth-order valence-electron chi connectivity index (χ4n) is 2.77. The van der Waals surface area contributed by atoms with Gasteiger partial charge in [0.2, 0.25) is 0 Å². The Bertz CT molecular complexity index is 340. The summed E-state index contributed by atoms with van der Waals surface area (Å²) in [5, 5.41) is 0. The van der Waals surface area contributed by atoms with Crippen LogP contribution in [0.25, 0.3) is 0 Å². The Morgan fingerprint density at radius 3 is 2.72 bits per heavy atom. The second kappa shape index (κ2) is 6.72. The highest BCUT2D eigenvalue weighted by molar-refractivity contribution is 6.00. The highest BCUT2D eigenvalue weighted by atomic mass is 16.5. The maximum Gasteiger partial charge on any atom is 0.316 e. The van der Waals surface area contributed by atoms with Crippen LogP contribution in [0.15, 0.2) is 11.6 Å². The Morgan fingerprint density at radius 1 is 1.50 bits per heavy atom. The largest absolute Gasteiger partial charge is 0.468 e. The van der Waals surface area contributed by atoms with E-state index in [1.807, 2.05) is 0 Å². The molecule has 0 heterocycles. The molecular weight excluding hydrogens is 228 g/mol. The first-order valence-corrected chi connectivity index (χ1v) is 6.71. The normalized spacial score (nSPS) is 24.8. The second-order valence-electron chi connectivity index (χ2n) is 5.51. The molecule has 0 aliphatic heterocycles. The molecular formula is C15H24O3. The van der Waals surface area contributed by atoms with Gasteiger partial charge in [0, 0.05) is 6.42 Å². The van der Waals surface area contributed by atoms with Gasteiger partial charge in [0.25, 0.3) is 0 Å². The zero-order valence-corrected chi connectivity index (χ0v) is 11.9. The van der Waals surface area contributed by atoms with Crippen LogP contribution in [0.5, 0.6) is 0 Å². The van der Waals surface area contributed by atoms with E-state index in [-0.39, 0.29) is 17.7 Å². The SMILES string of the molecule is COC(=O)C1C(=O)CCC1C(C)CCC=C(C)C. The van der Waals surface area contributed by atoms with Gasteiger partial charge in [-0.05, 0) is 44.9 Å². The summed E-state index contributed by atoms with van der Waals surface area (Å²) in [5.41, 5.74) is 1.31. The summed E-state index contributed by atoms with van der Waals surface area (Å²) in [6, 6.07) is 0. The first-order chi connectivity index (χ1) is 8.47. The number of hydrogen-bond donors (Lipinski definition) is 0. The predicted molar refractivity (Wildman–Crippen MR) is 71.1 cm³/mol. The number of Topliss-reactive ketones (excluding diaryl/α,β-unsaturated/α-hetero) is 1. The lowest BCUT2D eigenvalue weighted by molar-refractivity contribution is -0.150. The molecule has 0 amide bonds. The fourth-order valence-corrected chi connectivity index (χ4v) is 2.77. The minimum atomic E-state index is -0.517. The molecule has 1 aliphatic rings. The molecule has 3 unspecified atom stereocenters. The van der Waals surface area contributed by atoms with Gasteiger partial charge in [0.05, 0.1) is 7.11 Å². The van der Waals surface area contributed by atoms with Crippen molar-refractivity contribution in [3.8, 4) is 0 Å². The lowest BCUT2D eigenvalue weighted by atomic mass is 9.82. The van der Waals surface area contributed by atoms with Crippen molar-refractivity contribution in [1.82, 2.24) is 0 Å². The number of allylic oxidation sites excluding steroid dienone is 2. The Balaban J connectivity index is 2.61. The van der Waals surface area contributed by atoms with Crippen LogP contribution in [-0.4, -0.2) is 18.9 Å².